The standard InChI is InChI=1S/C9H15N3OS/c1-2-14-9-10-8(11-12-9)7-5-3-4-6-13-7/h7H,2-6H2,1H3,(H,10,11,12). The summed E-state index contributed by atoms with van der Waals surface area (Å²) in [6.45, 7) is 2.94. The molecule has 1 aromatic rings. The van der Waals surface area contributed by atoms with Gasteiger partial charge >= 0.3 is 0 Å². The number of rotatable bonds is 3. The van der Waals surface area contributed by atoms with E-state index < -0.39 is 0 Å². The lowest BCUT2D eigenvalue weighted by molar-refractivity contribution is 0.00955. The van der Waals surface area contributed by atoms with E-state index in [0.29, 0.717) is 0 Å². The predicted octanol–water partition coefficient (Wildman–Crippen LogP) is 2.16. The van der Waals surface area contributed by atoms with E-state index in [1.165, 1.54) is 12.8 Å². The van der Waals surface area contributed by atoms with Crippen molar-refractivity contribution >= 4 is 11.8 Å². The second kappa shape index (κ2) is 4.79. The SMILES string of the molecule is CCSc1n[nH]c(C2CCCCO2)n1. The van der Waals surface area contributed by atoms with Crippen LogP contribution in [0.2, 0.25) is 0 Å². The maximum atomic E-state index is 5.61. The highest BCUT2D eigenvalue weighted by Gasteiger charge is 2.19. The largest absolute Gasteiger partial charge is 0.370 e. The third-order valence-electron chi connectivity index (χ3n) is 2.24. The van der Waals surface area contributed by atoms with Crippen LogP contribution in [0.3, 0.4) is 0 Å². The van der Waals surface area contributed by atoms with Gasteiger partial charge in [0.15, 0.2) is 5.82 Å². The maximum absolute atomic E-state index is 5.61. The highest BCUT2D eigenvalue weighted by molar-refractivity contribution is 7.99. The normalized spacial score (nSPS) is 22.5. The molecule has 0 aliphatic carbocycles. The average Bonchev–Trinajstić information content (AvgIpc) is 2.68. The Morgan fingerprint density at radius 3 is 3.21 bits per heavy atom. The average molecular weight is 213 g/mol. The zero-order valence-electron chi connectivity index (χ0n) is 8.32. The van der Waals surface area contributed by atoms with Crippen molar-refractivity contribution in [1.82, 2.24) is 15.2 Å². The van der Waals surface area contributed by atoms with Crippen LogP contribution in [0.4, 0.5) is 0 Å². The van der Waals surface area contributed by atoms with Crippen molar-refractivity contribution < 1.29 is 4.74 Å². The number of nitrogens with one attached hydrogen (secondary N) is 1. The molecule has 0 saturated carbocycles. The van der Waals surface area contributed by atoms with Crippen molar-refractivity contribution in [2.45, 2.75) is 37.4 Å². The molecule has 1 aliphatic heterocycles. The number of ether oxygens (including phenoxy) is 1. The number of nitrogens with zero attached hydrogens (tertiary/aromatic N) is 2. The van der Waals surface area contributed by atoms with Crippen molar-refractivity contribution in [3.63, 3.8) is 0 Å². The van der Waals surface area contributed by atoms with Crippen LogP contribution < -0.4 is 0 Å². The molecule has 0 amide bonds. The molecule has 1 fully saturated rings. The maximum Gasteiger partial charge on any atom is 0.208 e. The van der Waals surface area contributed by atoms with Gasteiger partial charge in [-0.25, -0.2) is 4.98 Å². The molecule has 78 valence electrons. The summed E-state index contributed by atoms with van der Waals surface area (Å²) in [5.74, 6) is 1.89. The molecule has 4 nitrogen and oxygen atoms in total. The molecule has 1 N–H and O–H groups in total. The molecule has 1 aliphatic rings. The molecule has 5 heteroatoms. The van der Waals surface area contributed by atoms with Gasteiger partial charge in [-0.2, -0.15) is 0 Å². The Labute approximate surface area is 87.8 Å². The summed E-state index contributed by atoms with van der Waals surface area (Å²) in [6, 6.07) is 0. The zero-order valence-corrected chi connectivity index (χ0v) is 9.14. The highest BCUT2D eigenvalue weighted by Crippen LogP contribution is 2.26. The first kappa shape index (κ1) is 9.98. The van der Waals surface area contributed by atoms with Gasteiger partial charge in [0.25, 0.3) is 0 Å². The number of hydrogen-bond acceptors (Lipinski definition) is 4. The second-order valence-electron chi connectivity index (χ2n) is 3.29. The molecule has 0 radical (unpaired) electrons. The minimum absolute atomic E-state index is 0.141. The number of aromatic amines is 1. The molecule has 0 spiro atoms. The number of aromatic nitrogens is 3. The Kier molecular flexibility index (Phi) is 3.42. The Bertz CT molecular complexity index is 283. The summed E-state index contributed by atoms with van der Waals surface area (Å²) in [7, 11) is 0. The molecule has 0 aromatic carbocycles. The quantitative estimate of drug-likeness (QED) is 0.782. The van der Waals surface area contributed by atoms with Crippen molar-refractivity contribution in [1.29, 1.82) is 0 Å². The van der Waals surface area contributed by atoms with E-state index in [-0.39, 0.29) is 6.10 Å². The minimum atomic E-state index is 0.141. The van der Waals surface area contributed by atoms with Gasteiger partial charge in [0.05, 0.1) is 0 Å². The van der Waals surface area contributed by atoms with E-state index in [9.17, 15) is 0 Å². The van der Waals surface area contributed by atoms with E-state index >= 15 is 0 Å². The van der Waals surface area contributed by atoms with Crippen molar-refractivity contribution in [2.75, 3.05) is 12.4 Å². The number of thioether (sulfide) groups is 1. The van der Waals surface area contributed by atoms with Crippen LogP contribution in [0, 0.1) is 0 Å². The third-order valence-corrected chi connectivity index (χ3v) is 2.97. The van der Waals surface area contributed by atoms with Crippen LogP contribution >= 0.6 is 11.8 Å². The van der Waals surface area contributed by atoms with Crippen molar-refractivity contribution in [3.05, 3.63) is 5.82 Å². The van der Waals surface area contributed by atoms with Crippen LogP contribution in [0.1, 0.15) is 38.1 Å². The summed E-state index contributed by atoms with van der Waals surface area (Å²) in [4.78, 5) is 4.39. The second-order valence-corrected chi connectivity index (χ2v) is 4.52. The van der Waals surface area contributed by atoms with Crippen LogP contribution in [0.25, 0.3) is 0 Å². The molecule has 1 unspecified atom stereocenters. The molecule has 14 heavy (non-hydrogen) atoms. The fourth-order valence-electron chi connectivity index (χ4n) is 1.55. The van der Waals surface area contributed by atoms with E-state index in [4.69, 9.17) is 4.74 Å². The first-order chi connectivity index (χ1) is 6.90. The molecule has 2 heterocycles. The molecule has 1 atom stereocenters. The molecule has 0 bridgehead atoms. The van der Waals surface area contributed by atoms with Gasteiger partial charge in [0.2, 0.25) is 5.16 Å². The van der Waals surface area contributed by atoms with E-state index in [0.717, 1.165) is 29.8 Å². The minimum Gasteiger partial charge on any atom is -0.370 e. The van der Waals surface area contributed by atoms with Gasteiger partial charge in [-0.3, -0.25) is 5.10 Å². The van der Waals surface area contributed by atoms with Gasteiger partial charge < -0.3 is 4.74 Å². The summed E-state index contributed by atoms with van der Waals surface area (Å²) < 4.78 is 5.61. The van der Waals surface area contributed by atoms with Gasteiger partial charge in [-0.05, 0) is 25.0 Å². The summed E-state index contributed by atoms with van der Waals surface area (Å²) >= 11 is 1.65. The third kappa shape index (κ3) is 2.27. The van der Waals surface area contributed by atoms with Crippen LogP contribution in [0.5, 0.6) is 0 Å². The smallest absolute Gasteiger partial charge is 0.208 e. The zero-order chi connectivity index (χ0) is 9.80. The summed E-state index contributed by atoms with van der Waals surface area (Å²) in [5, 5.41) is 7.91. The molecular formula is C9H15N3OS. The van der Waals surface area contributed by atoms with Gasteiger partial charge in [-0.1, -0.05) is 18.7 Å². The monoisotopic (exact) mass is 213 g/mol. The van der Waals surface area contributed by atoms with Gasteiger partial charge in [-0.15, -0.1) is 5.10 Å². The van der Waals surface area contributed by atoms with E-state index in [1.807, 2.05) is 0 Å². The Morgan fingerprint density at radius 1 is 1.57 bits per heavy atom. The van der Waals surface area contributed by atoms with Crippen LogP contribution in [0.15, 0.2) is 5.16 Å². The molecular weight excluding hydrogens is 198 g/mol. The van der Waals surface area contributed by atoms with Crippen LogP contribution in [-0.4, -0.2) is 27.5 Å². The Balaban J connectivity index is 2.00. The fraction of sp³-hybridized carbons (Fsp3) is 0.778. The lowest BCUT2D eigenvalue weighted by Gasteiger charge is -2.19. The Hall–Kier alpha value is -0.550. The number of hydrogen-bond donors (Lipinski definition) is 1. The molecule has 2 rings (SSSR count). The first-order valence-electron chi connectivity index (χ1n) is 5.07. The van der Waals surface area contributed by atoms with E-state index in [1.54, 1.807) is 11.8 Å². The fourth-order valence-corrected chi connectivity index (χ4v) is 2.08. The first-order valence-corrected chi connectivity index (χ1v) is 6.05. The topological polar surface area (TPSA) is 50.8 Å². The summed E-state index contributed by atoms with van der Waals surface area (Å²) in [5.41, 5.74) is 0. The Morgan fingerprint density at radius 2 is 2.50 bits per heavy atom. The van der Waals surface area contributed by atoms with Crippen molar-refractivity contribution in [3.8, 4) is 0 Å². The van der Waals surface area contributed by atoms with Crippen molar-refractivity contribution in [2.24, 2.45) is 0 Å². The predicted molar refractivity (Wildman–Crippen MR) is 55.3 cm³/mol. The molecule has 1 saturated heterocycles. The lowest BCUT2D eigenvalue weighted by Crippen LogP contribution is -2.12. The number of H-pyrrole nitrogens is 1. The van der Waals surface area contributed by atoms with Gasteiger partial charge in [0, 0.05) is 6.61 Å². The van der Waals surface area contributed by atoms with Crippen LogP contribution in [-0.2, 0) is 4.74 Å². The lowest BCUT2D eigenvalue weighted by atomic mass is 10.1. The van der Waals surface area contributed by atoms with Gasteiger partial charge in [0.1, 0.15) is 6.10 Å². The summed E-state index contributed by atoms with van der Waals surface area (Å²) in [6.07, 6.45) is 3.59. The van der Waals surface area contributed by atoms with E-state index in [2.05, 4.69) is 22.1 Å². The highest BCUT2D eigenvalue weighted by atomic mass is 32.2. The molecule has 1 aromatic heterocycles.